The number of aromatic nitrogens is 1. The van der Waals surface area contributed by atoms with Gasteiger partial charge in [0.2, 0.25) is 0 Å². The number of aromatic amines is 1. The van der Waals surface area contributed by atoms with Crippen LogP contribution in [0.3, 0.4) is 0 Å². The van der Waals surface area contributed by atoms with Gasteiger partial charge >= 0.3 is 5.97 Å². The van der Waals surface area contributed by atoms with Crippen molar-refractivity contribution in [2.45, 2.75) is 13.3 Å². The number of aliphatic carboxylic acids is 1. The number of H-pyrrole nitrogens is 1. The van der Waals surface area contributed by atoms with Crippen LogP contribution in [0.2, 0.25) is 0 Å². The van der Waals surface area contributed by atoms with E-state index in [9.17, 15) is 9.90 Å². The fourth-order valence-electron chi connectivity index (χ4n) is 3.19. The number of rotatable bonds is 6. The minimum Gasteiger partial charge on any atom is -0.497 e. The van der Waals surface area contributed by atoms with E-state index in [0.29, 0.717) is 28.5 Å². The topological polar surface area (TPSA) is 80.8 Å². The Morgan fingerprint density at radius 3 is 2.38 bits per heavy atom. The van der Waals surface area contributed by atoms with Crippen LogP contribution >= 0.6 is 0 Å². The molecule has 0 bridgehead atoms. The number of methoxy groups -OCH3 is 3. The molecule has 2 N–H and O–H groups in total. The normalized spacial score (nSPS) is 10.8. The van der Waals surface area contributed by atoms with Gasteiger partial charge in [0, 0.05) is 16.5 Å². The van der Waals surface area contributed by atoms with Crippen LogP contribution in [0.15, 0.2) is 30.3 Å². The summed E-state index contributed by atoms with van der Waals surface area (Å²) >= 11 is 0. The van der Waals surface area contributed by atoms with Crippen molar-refractivity contribution < 1.29 is 24.1 Å². The monoisotopic (exact) mass is 355 g/mol. The number of aryl methyl sites for hydroxylation is 1. The van der Waals surface area contributed by atoms with Gasteiger partial charge in [-0.2, -0.15) is 0 Å². The second kappa shape index (κ2) is 7.00. The van der Waals surface area contributed by atoms with Crippen molar-refractivity contribution in [2.24, 2.45) is 0 Å². The summed E-state index contributed by atoms with van der Waals surface area (Å²) in [6.07, 6.45) is -0.123. The molecule has 0 saturated carbocycles. The minimum absolute atomic E-state index is 0.123. The van der Waals surface area contributed by atoms with Crippen molar-refractivity contribution in [1.82, 2.24) is 4.98 Å². The average molecular weight is 355 g/mol. The summed E-state index contributed by atoms with van der Waals surface area (Å²) in [6, 6.07) is 9.21. The zero-order chi connectivity index (χ0) is 18.8. The molecule has 6 nitrogen and oxygen atoms in total. The summed E-state index contributed by atoms with van der Waals surface area (Å²) in [7, 11) is 4.76. The van der Waals surface area contributed by atoms with Gasteiger partial charge in [-0.1, -0.05) is 0 Å². The number of hydrogen-bond acceptors (Lipinski definition) is 4. The van der Waals surface area contributed by atoms with Crippen LogP contribution in [0.1, 0.15) is 11.1 Å². The van der Waals surface area contributed by atoms with Crippen LogP contribution in [0.5, 0.6) is 17.2 Å². The second-order valence-corrected chi connectivity index (χ2v) is 5.98. The van der Waals surface area contributed by atoms with Crippen LogP contribution in [-0.2, 0) is 11.2 Å². The molecule has 3 aromatic rings. The Balaban J connectivity index is 2.35. The molecule has 2 aromatic carbocycles. The van der Waals surface area contributed by atoms with Crippen LogP contribution in [-0.4, -0.2) is 37.4 Å². The number of carboxylic acid groups (broad SMARTS) is 1. The van der Waals surface area contributed by atoms with Crippen molar-refractivity contribution in [3.8, 4) is 28.5 Å². The van der Waals surface area contributed by atoms with Crippen LogP contribution in [0, 0.1) is 6.92 Å². The van der Waals surface area contributed by atoms with E-state index in [-0.39, 0.29) is 6.42 Å². The van der Waals surface area contributed by atoms with E-state index in [2.05, 4.69) is 4.98 Å². The Morgan fingerprint density at radius 1 is 1.04 bits per heavy atom. The summed E-state index contributed by atoms with van der Waals surface area (Å²) in [4.78, 5) is 14.9. The van der Waals surface area contributed by atoms with Gasteiger partial charge in [0.15, 0.2) is 0 Å². The largest absolute Gasteiger partial charge is 0.497 e. The number of carbonyl (C=O) groups is 1. The van der Waals surface area contributed by atoms with Gasteiger partial charge in [-0.15, -0.1) is 0 Å². The molecule has 0 fully saturated rings. The molecule has 0 aliphatic carbocycles. The molecule has 0 saturated heterocycles. The van der Waals surface area contributed by atoms with Crippen molar-refractivity contribution in [2.75, 3.05) is 21.3 Å². The SMILES string of the molecule is COc1ccc(OC)c(-c2[nH]c3c(C)cc(OC)cc3c2CC(=O)O)c1. The first-order valence-electron chi connectivity index (χ1n) is 8.11. The molecule has 0 atom stereocenters. The molecule has 0 spiro atoms. The van der Waals surface area contributed by atoms with Gasteiger partial charge in [0.1, 0.15) is 17.2 Å². The van der Waals surface area contributed by atoms with Gasteiger partial charge in [0.25, 0.3) is 0 Å². The fraction of sp³-hybridized carbons (Fsp3) is 0.250. The van der Waals surface area contributed by atoms with E-state index in [1.165, 1.54) is 0 Å². The Bertz CT molecular complexity index is 974. The van der Waals surface area contributed by atoms with Crippen LogP contribution < -0.4 is 14.2 Å². The number of hydrogen-bond donors (Lipinski definition) is 2. The number of carboxylic acids is 1. The maximum absolute atomic E-state index is 11.5. The fourth-order valence-corrected chi connectivity index (χ4v) is 3.19. The Labute approximate surface area is 151 Å². The van der Waals surface area contributed by atoms with E-state index in [4.69, 9.17) is 14.2 Å². The molecule has 1 aromatic heterocycles. The van der Waals surface area contributed by atoms with Crippen LogP contribution in [0.25, 0.3) is 22.2 Å². The zero-order valence-corrected chi connectivity index (χ0v) is 15.2. The summed E-state index contributed by atoms with van der Waals surface area (Å²) < 4.78 is 16.2. The second-order valence-electron chi connectivity index (χ2n) is 5.98. The van der Waals surface area contributed by atoms with Gasteiger partial charge in [0.05, 0.1) is 33.4 Å². The van der Waals surface area contributed by atoms with Gasteiger partial charge in [-0.25, -0.2) is 0 Å². The molecular formula is C20H21NO5. The van der Waals surface area contributed by atoms with Crippen molar-refractivity contribution in [3.05, 3.63) is 41.5 Å². The Kier molecular flexibility index (Phi) is 4.75. The third-order valence-electron chi connectivity index (χ3n) is 4.43. The summed E-state index contributed by atoms with van der Waals surface area (Å²) in [5.41, 5.74) is 3.98. The highest BCUT2D eigenvalue weighted by Gasteiger charge is 2.20. The molecule has 1 heterocycles. The molecule has 26 heavy (non-hydrogen) atoms. The quantitative estimate of drug-likeness (QED) is 0.703. The summed E-state index contributed by atoms with van der Waals surface area (Å²) in [5, 5.41) is 10.3. The predicted molar refractivity (Wildman–Crippen MR) is 99.5 cm³/mol. The van der Waals surface area contributed by atoms with Crippen molar-refractivity contribution in [1.29, 1.82) is 0 Å². The van der Waals surface area contributed by atoms with E-state index >= 15 is 0 Å². The molecule has 136 valence electrons. The molecule has 6 heteroatoms. The Hall–Kier alpha value is -3.15. The van der Waals surface area contributed by atoms with E-state index < -0.39 is 5.97 Å². The molecule has 0 unspecified atom stereocenters. The highest BCUT2D eigenvalue weighted by Crippen LogP contribution is 2.40. The Morgan fingerprint density at radius 2 is 1.77 bits per heavy atom. The van der Waals surface area contributed by atoms with Crippen molar-refractivity contribution in [3.63, 3.8) is 0 Å². The molecular weight excluding hydrogens is 334 g/mol. The summed E-state index contributed by atoms with van der Waals surface area (Å²) in [6.45, 7) is 1.96. The average Bonchev–Trinajstić information content (AvgIpc) is 2.99. The summed E-state index contributed by atoms with van der Waals surface area (Å²) in [5.74, 6) is 1.07. The number of ether oxygens (including phenoxy) is 3. The van der Waals surface area contributed by atoms with Gasteiger partial charge in [-0.3, -0.25) is 4.79 Å². The lowest BCUT2D eigenvalue weighted by Gasteiger charge is -2.11. The maximum Gasteiger partial charge on any atom is 0.307 e. The molecule has 0 aliphatic heterocycles. The standard InChI is InChI=1S/C20H21NO5/c1-11-7-13(25-3)9-14-15(10-18(22)23)20(21-19(11)14)16-8-12(24-2)5-6-17(16)26-4/h5-9,21H,10H2,1-4H3,(H,22,23). The predicted octanol–water partition coefficient (Wildman–Crippen LogP) is 3.80. The van der Waals surface area contributed by atoms with Crippen LogP contribution in [0.4, 0.5) is 0 Å². The molecule has 0 aliphatic rings. The lowest BCUT2D eigenvalue weighted by Crippen LogP contribution is -2.01. The molecule has 3 rings (SSSR count). The smallest absolute Gasteiger partial charge is 0.307 e. The van der Waals surface area contributed by atoms with E-state index in [0.717, 1.165) is 22.0 Å². The number of fused-ring (bicyclic) bond motifs is 1. The van der Waals surface area contributed by atoms with E-state index in [1.807, 2.05) is 25.1 Å². The lowest BCUT2D eigenvalue weighted by molar-refractivity contribution is -0.136. The minimum atomic E-state index is -0.908. The first-order valence-corrected chi connectivity index (χ1v) is 8.11. The zero-order valence-electron chi connectivity index (χ0n) is 15.2. The lowest BCUT2D eigenvalue weighted by atomic mass is 10.0. The highest BCUT2D eigenvalue weighted by molar-refractivity contribution is 5.97. The third-order valence-corrected chi connectivity index (χ3v) is 4.43. The molecule has 0 amide bonds. The highest BCUT2D eigenvalue weighted by atomic mass is 16.5. The first kappa shape index (κ1) is 17.7. The number of nitrogens with one attached hydrogen (secondary N) is 1. The first-order chi connectivity index (χ1) is 12.5. The van der Waals surface area contributed by atoms with Crippen molar-refractivity contribution >= 4 is 16.9 Å². The van der Waals surface area contributed by atoms with E-state index in [1.54, 1.807) is 33.5 Å². The third kappa shape index (κ3) is 3.06. The van der Waals surface area contributed by atoms with Gasteiger partial charge < -0.3 is 24.3 Å². The number of benzene rings is 2. The maximum atomic E-state index is 11.5. The molecule has 0 radical (unpaired) electrons. The van der Waals surface area contributed by atoms with Gasteiger partial charge in [-0.05, 0) is 48.4 Å².